The second-order valence-electron chi connectivity index (χ2n) is 5.66. The molecule has 3 nitrogen and oxygen atoms in total. The van der Waals surface area contributed by atoms with Crippen molar-refractivity contribution in [2.75, 3.05) is 6.61 Å². The van der Waals surface area contributed by atoms with Crippen molar-refractivity contribution in [1.82, 2.24) is 0 Å². The largest absolute Gasteiger partial charge is 0.493 e. The van der Waals surface area contributed by atoms with Gasteiger partial charge in [0.2, 0.25) is 0 Å². The molecule has 0 heterocycles. The topological polar surface area (TPSA) is 55.5 Å². The molecule has 1 aromatic rings. The van der Waals surface area contributed by atoms with Crippen molar-refractivity contribution in [3.05, 3.63) is 29.3 Å². The minimum Gasteiger partial charge on any atom is -0.493 e. The van der Waals surface area contributed by atoms with Crippen molar-refractivity contribution in [3.8, 4) is 5.75 Å². The Kier molecular flexibility index (Phi) is 6.68. The molecule has 0 saturated heterocycles. The van der Waals surface area contributed by atoms with Crippen molar-refractivity contribution < 1.29 is 23.0 Å². The van der Waals surface area contributed by atoms with Crippen LogP contribution >= 0.6 is 0 Å². The summed E-state index contributed by atoms with van der Waals surface area (Å²) in [4.78, 5) is 0. The second-order valence-corrected chi connectivity index (χ2v) is 5.66. The summed E-state index contributed by atoms with van der Waals surface area (Å²) in [5, 5.41) is 9.87. The van der Waals surface area contributed by atoms with E-state index in [-0.39, 0.29) is 12.3 Å². The number of rotatable bonds is 7. The Morgan fingerprint density at radius 3 is 2.41 bits per heavy atom. The van der Waals surface area contributed by atoms with Crippen LogP contribution in [0.25, 0.3) is 0 Å². The summed E-state index contributed by atoms with van der Waals surface area (Å²) >= 11 is 0. The van der Waals surface area contributed by atoms with Gasteiger partial charge in [-0.25, -0.2) is 0 Å². The van der Waals surface area contributed by atoms with Crippen LogP contribution in [0.5, 0.6) is 5.75 Å². The van der Waals surface area contributed by atoms with E-state index in [4.69, 9.17) is 10.5 Å². The Morgan fingerprint density at radius 2 is 1.91 bits per heavy atom. The summed E-state index contributed by atoms with van der Waals surface area (Å²) in [6.07, 6.45) is -4.14. The van der Waals surface area contributed by atoms with E-state index in [2.05, 4.69) is 0 Å². The van der Waals surface area contributed by atoms with E-state index in [1.54, 1.807) is 13.8 Å². The molecule has 1 rings (SSSR count). The maximum absolute atomic E-state index is 12.9. The van der Waals surface area contributed by atoms with Crippen LogP contribution in [0.1, 0.15) is 50.7 Å². The van der Waals surface area contributed by atoms with Gasteiger partial charge in [-0.3, -0.25) is 0 Å². The molecule has 0 amide bonds. The Hall–Kier alpha value is -1.27. The standard InChI is InChI=1S/C16H24F3NO2/c1-4-7-22-15-6-5-12(16(17,18)19)9-13(15)10(2)8-14(21)11(3)20/h5-6,9-11,14,21H,4,7-8,20H2,1-3H3. The Balaban J connectivity index is 3.09. The molecule has 0 aliphatic heterocycles. The predicted octanol–water partition coefficient (Wildman–Crippen LogP) is 3.70. The number of aliphatic hydroxyl groups excluding tert-OH is 1. The summed E-state index contributed by atoms with van der Waals surface area (Å²) in [5.41, 5.74) is 5.35. The first-order valence-electron chi connectivity index (χ1n) is 7.44. The molecule has 0 aliphatic carbocycles. The molecule has 0 aliphatic rings. The Morgan fingerprint density at radius 1 is 1.27 bits per heavy atom. The van der Waals surface area contributed by atoms with Crippen molar-refractivity contribution in [2.45, 2.75) is 57.9 Å². The Labute approximate surface area is 129 Å². The fraction of sp³-hybridized carbons (Fsp3) is 0.625. The first-order valence-corrected chi connectivity index (χ1v) is 7.44. The zero-order valence-corrected chi connectivity index (χ0v) is 13.2. The average molecular weight is 319 g/mol. The maximum Gasteiger partial charge on any atom is 0.416 e. The lowest BCUT2D eigenvalue weighted by molar-refractivity contribution is -0.137. The van der Waals surface area contributed by atoms with Gasteiger partial charge in [0, 0.05) is 6.04 Å². The van der Waals surface area contributed by atoms with E-state index in [0.29, 0.717) is 17.9 Å². The highest BCUT2D eigenvalue weighted by Gasteiger charge is 2.32. The lowest BCUT2D eigenvalue weighted by atomic mass is 9.91. The number of hydrogen-bond acceptors (Lipinski definition) is 3. The number of ether oxygens (including phenoxy) is 1. The van der Waals surface area contributed by atoms with Crippen LogP contribution in [0.15, 0.2) is 18.2 Å². The molecule has 0 spiro atoms. The van der Waals surface area contributed by atoms with E-state index in [1.807, 2.05) is 6.92 Å². The predicted molar refractivity (Wildman–Crippen MR) is 79.9 cm³/mol. The second kappa shape index (κ2) is 7.83. The minimum atomic E-state index is -4.41. The van der Waals surface area contributed by atoms with Gasteiger partial charge in [-0.05, 0) is 49.4 Å². The van der Waals surface area contributed by atoms with Gasteiger partial charge in [-0.1, -0.05) is 13.8 Å². The van der Waals surface area contributed by atoms with E-state index >= 15 is 0 Å². The molecule has 0 radical (unpaired) electrons. The normalized spacial score (nSPS) is 16.2. The van der Waals surface area contributed by atoms with Crippen LogP contribution in [0, 0.1) is 0 Å². The molecule has 126 valence electrons. The molecule has 0 bridgehead atoms. The monoisotopic (exact) mass is 319 g/mol. The average Bonchev–Trinajstić information content (AvgIpc) is 2.43. The van der Waals surface area contributed by atoms with Crippen LogP contribution in [-0.4, -0.2) is 23.9 Å². The smallest absolute Gasteiger partial charge is 0.416 e. The van der Waals surface area contributed by atoms with Gasteiger partial charge in [0.25, 0.3) is 0 Å². The van der Waals surface area contributed by atoms with Gasteiger partial charge in [0.1, 0.15) is 5.75 Å². The van der Waals surface area contributed by atoms with Gasteiger partial charge in [-0.2, -0.15) is 13.2 Å². The quantitative estimate of drug-likeness (QED) is 0.806. The van der Waals surface area contributed by atoms with Gasteiger partial charge in [-0.15, -0.1) is 0 Å². The first kappa shape index (κ1) is 18.8. The summed E-state index contributed by atoms with van der Waals surface area (Å²) in [7, 11) is 0. The number of nitrogens with two attached hydrogens (primary N) is 1. The van der Waals surface area contributed by atoms with Gasteiger partial charge in [0.05, 0.1) is 18.3 Å². The third-order valence-electron chi connectivity index (χ3n) is 3.53. The van der Waals surface area contributed by atoms with E-state index in [9.17, 15) is 18.3 Å². The van der Waals surface area contributed by atoms with Gasteiger partial charge >= 0.3 is 6.18 Å². The van der Waals surface area contributed by atoms with Gasteiger partial charge < -0.3 is 15.6 Å². The summed E-state index contributed by atoms with van der Waals surface area (Å²) in [5.74, 6) is 0.134. The third-order valence-corrected chi connectivity index (χ3v) is 3.53. The highest BCUT2D eigenvalue weighted by molar-refractivity contribution is 5.40. The molecule has 3 N–H and O–H groups in total. The van der Waals surface area contributed by atoms with Crippen LogP contribution in [-0.2, 0) is 6.18 Å². The summed E-state index contributed by atoms with van der Waals surface area (Å²) in [6.45, 7) is 5.78. The minimum absolute atomic E-state index is 0.279. The van der Waals surface area contributed by atoms with Crippen molar-refractivity contribution in [2.24, 2.45) is 5.73 Å². The molecule has 3 atom stereocenters. The lowest BCUT2D eigenvalue weighted by Crippen LogP contribution is -2.32. The number of alkyl halides is 3. The zero-order chi connectivity index (χ0) is 16.9. The van der Waals surface area contributed by atoms with Crippen LogP contribution in [0.3, 0.4) is 0 Å². The lowest BCUT2D eigenvalue weighted by Gasteiger charge is -2.22. The van der Waals surface area contributed by atoms with E-state index in [1.165, 1.54) is 6.07 Å². The SMILES string of the molecule is CCCOc1ccc(C(F)(F)F)cc1C(C)CC(O)C(C)N. The highest BCUT2D eigenvalue weighted by atomic mass is 19.4. The number of hydrogen-bond donors (Lipinski definition) is 2. The fourth-order valence-corrected chi connectivity index (χ4v) is 2.16. The molecular weight excluding hydrogens is 295 g/mol. The van der Waals surface area contributed by atoms with Crippen LogP contribution < -0.4 is 10.5 Å². The highest BCUT2D eigenvalue weighted by Crippen LogP contribution is 2.37. The molecule has 1 aromatic carbocycles. The molecule has 0 aromatic heterocycles. The van der Waals surface area contributed by atoms with E-state index in [0.717, 1.165) is 18.6 Å². The van der Waals surface area contributed by atoms with Crippen molar-refractivity contribution in [3.63, 3.8) is 0 Å². The van der Waals surface area contributed by atoms with Gasteiger partial charge in [0.15, 0.2) is 0 Å². The summed E-state index contributed by atoms with van der Waals surface area (Å²) in [6, 6.07) is 3.03. The summed E-state index contributed by atoms with van der Waals surface area (Å²) < 4.78 is 44.2. The van der Waals surface area contributed by atoms with Crippen molar-refractivity contribution >= 4 is 0 Å². The van der Waals surface area contributed by atoms with E-state index < -0.39 is 23.9 Å². The molecule has 3 unspecified atom stereocenters. The number of benzene rings is 1. The van der Waals surface area contributed by atoms with Crippen molar-refractivity contribution in [1.29, 1.82) is 0 Å². The number of halogens is 3. The molecule has 0 saturated carbocycles. The first-order chi connectivity index (χ1) is 10.2. The van der Waals surface area contributed by atoms with Crippen LogP contribution in [0.2, 0.25) is 0 Å². The molecular formula is C16H24F3NO2. The molecule has 6 heteroatoms. The molecule has 0 fully saturated rings. The molecule has 22 heavy (non-hydrogen) atoms. The zero-order valence-electron chi connectivity index (χ0n) is 13.2. The number of aliphatic hydroxyl groups is 1. The Bertz CT molecular complexity index is 475. The maximum atomic E-state index is 12.9. The van der Waals surface area contributed by atoms with Crippen LogP contribution in [0.4, 0.5) is 13.2 Å². The third kappa shape index (κ3) is 5.18. The fourth-order valence-electron chi connectivity index (χ4n) is 2.16.